The van der Waals surface area contributed by atoms with E-state index in [0.717, 1.165) is 5.66 Å². The van der Waals surface area contributed by atoms with Crippen LogP contribution in [0.25, 0.3) is 0 Å². The number of allylic oxidation sites excluding steroid dienone is 2. The summed E-state index contributed by atoms with van der Waals surface area (Å²) in [6.45, 7) is 2.27. The molecule has 1 rings (SSSR count). The van der Waals surface area contributed by atoms with Crippen LogP contribution in [0.2, 0.25) is 0 Å². The van der Waals surface area contributed by atoms with E-state index in [1.165, 1.54) is 65.1 Å². The minimum Gasteiger partial charge on any atom is -0.0844 e. The lowest BCUT2D eigenvalue weighted by Crippen LogP contribution is -2.07. The van der Waals surface area contributed by atoms with Crippen LogP contribution in [0.3, 0.4) is 0 Å². The van der Waals surface area contributed by atoms with E-state index in [4.69, 9.17) is 11.8 Å². The molecule has 0 amide bonds. The van der Waals surface area contributed by atoms with Crippen molar-refractivity contribution in [2.45, 2.75) is 70.4 Å². The zero-order chi connectivity index (χ0) is 10.9. The molecule has 1 aliphatic rings. The Kier molecular flexibility index (Phi) is 7.48. The first-order chi connectivity index (χ1) is 7.38. The molecule has 0 aromatic carbocycles. The van der Waals surface area contributed by atoms with Crippen LogP contribution in [0.15, 0.2) is 11.6 Å². The Hall–Kier alpha value is 0.260. The smallest absolute Gasteiger partial charge is 0.0322 e. The van der Waals surface area contributed by atoms with Crippen molar-refractivity contribution in [3.05, 3.63) is 11.6 Å². The van der Waals surface area contributed by atoms with Gasteiger partial charge in [0.2, 0.25) is 0 Å². The van der Waals surface area contributed by atoms with Gasteiger partial charge in [-0.05, 0) is 39.5 Å². The Balaban J connectivity index is 2.18. The summed E-state index contributed by atoms with van der Waals surface area (Å²) in [6, 6.07) is 0. The summed E-state index contributed by atoms with van der Waals surface area (Å²) in [4.78, 5) is 0. The monoisotopic (exact) mass is 242 g/mol. The molecular formula is C13H23PS. The molecule has 0 bridgehead atoms. The van der Waals surface area contributed by atoms with Gasteiger partial charge in [0.05, 0.1) is 0 Å². The van der Waals surface area contributed by atoms with Crippen molar-refractivity contribution >= 4 is 19.2 Å². The van der Waals surface area contributed by atoms with Crippen molar-refractivity contribution in [1.29, 1.82) is 0 Å². The molecule has 0 saturated carbocycles. The first kappa shape index (κ1) is 13.3. The summed E-state index contributed by atoms with van der Waals surface area (Å²) < 4.78 is 0. The molecule has 0 nitrogen and oxygen atoms in total. The molecule has 0 saturated heterocycles. The van der Waals surface area contributed by atoms with Crippen molar-refractivity contribution in [2.24, 2.45) is 0 Å². The van der Waals surface area contributed by atoms with Crippen LogP contribution in [0.5, 0.6) is 0 Å². The SMILES string of the molecule is CCCCCCCC1=CCCCC1P=S. The fourth-order valence-electron chi connectivity index (χ4n) is 2.24. The molecule has 0 aliphatic heterocycles. The summed E-state index contributed by atoms with van der Waals surface area (Å²) >= 11 is 5.20. The topological polar surface area (TPSA) is 0 Å². The second kappa shape index (κ2) is 8.42. The van der Waals surface area contributed by atoms with Gasteiger partial charge < -0.3 is 0 Å². The van der Waals surface area contributed by atoms with E-state index in [1.807, 2.05) is 0 Å². The first-order valence-corrected chi connectivity index (χ1v) is 8.37. The van der Waals surface area contributed by atoms with Crippen molar-refractivity contribution in [1.82, 2.24) is 0 Å². The van der Waals surface area contributed by atoms with E-state index >= 15 is 0 Å². The van der Waals surface area contributed by atoms with Gasteiger partial charge in [0.1, 0.15) is 0 Å². The van der Waals surface area contributed by atoms with Gasteiger partial charge in [0.15, 0.2) is 0 Å². The molecule has 0 aromatic rings. The Labute approximate surface area is 101 Å². The molecule has 2 heteroatoms. The van der Waals surface area contributed by atoms with Gasteiger partial charge in [0, 0.05) is 5.66 Å². The lowest BCUT2D eigenvalue weighted by molar-refractivity contribution is 0.609. The van der Waals surface area contributed by atoms with Crippen molar-refractivity contribution in [3.63, 3.8) is 0 Å². The van der Waals surface area contributed by atoms with Gasteiger partial charge in [-0.3, -0.25) is 0 Å². The maximum absolute atomic E-state index is 5.20. The summed E-state index contributed by atoms with van der Waals surface area (Å²) in [5.74, 6) is 0. The average molecular weight is 242 g/mol. The second-order valence-electron chi connectivity index (χ2n) is 4.50. The number of unbranched alkanes of at least 4 members (excludes halogenated alkanes) is 4. The third-order valence-corrected chi connectivity index (χ3v) is 4.82. The van der Waals surface area contributed by atoms with Crippen LogP contribution < -0.4 is 0 Å². The molecule has 0 spiro atoms. The highest BCUT2D eigenvalue weighted by Crippen LogP contribution is 2.31. The molecule has 0 aromatic heterocycles. The van der Waals surface area contributed by atoms with Gasteiger partial charge in [-0.1, -0.05) is 56.1 Å². The molecule has 86 valence electrons. The highest BCUT2D eigenvalue weighted by atomic mass is 32.4. The molecule has 1 unspecified atom stereocenters. The van der Waals surface area contributed by atoms with E-state index < -0.39 is 0 Å². The predicted octanol–water partition coefficient (Wildman–Crippen LogP) is 5.23. The zero-order valence-electron chi connectivity index (χ0n) is 9.87. The number of hydrogen-bond donors (Lipinski definition) is 0. The van der Waals surface area contributed by atoms with Crippen LogP contribution in [0.4, 0.5) is 0 Å². The lowest BCUT2D eigenvalue weighted by atomic mass is 9.94. The van der Waals surface area contributed by atoms with Gasteiger partial charge in [-0.25, -0.2) is 0 Å². The van der Waals surface area contributed by atoms with E-state index in [-0.39, 0.29) is 0 Å². The van der Waals surface area contributed by atoms with Gasteiger partial charge in [-0.2, -0.15) is 0 Å². The largest absolute Gasteiger partial charge is 0.0844 e. The third-order valence-electron chi connectivity index (χ3n) is 3.21. The fraction of sp³-hybridized carbons (Fsp3) is 0.846. The maximum atomic E-state index is 5.20. The van der Waals surface area contributed by atoms with Gasteiger partial charge >= 0.3 is 0 Å². The second-order valence-corrected chi connectivity index (χ2v) is 5.96. The summed E-state index contributed by atoms with van der Waals surface area (Å²) in [7, 11) is 1.18. The van der Waals surface area contributed by atoms with Crippen molar-refractivity contribution < 1.29 is 0 Å². The van der Waals surface area contributed by atoms with Crippen LogP contribution in [0, 0.1) is 0 Å². The highest BCUT2D eigenvalue weighted by Gasteiger charge is 2.14. The van der Waals surface area contributed by atoms with Crippen LogP contribution in [0.1, 0.15) is 64.7 Å². The fourth-order valence-corrected chi connectivity index (χ4v) is 3.62. The Morgan fingerprint density at radius 1 is 1.33 bits per heavy atom. The quantitative estimate of drug-likeness (QED) is 0.334. The predicted molar refractivity (Wildman–Crippen MR) is 73.4 cm³/mol. The van der Waals surface area contributed by atoms with Crippen molar-refractivity contribution in [3.8, 4) is 0 Å². The van der Waals surface area contributed by atoms with E-state index in [9.17, 15) is 0 Å². The normalized spacial score (nSPS) is 21.7. The zero-order valence-corrected chi connectivity index (χ0v) is 11.6. The molecule has 0 heterocycles. The average Bonchev–Trinajstić information content (AvgIpc) is 2.29. The molecule has 1 atom stereocenters. The highest BCUT2D eigenvalue weighted by molar-refractivity contribution is 7.96. The van der Waals surface area contributed by atoms with E-state index in [1.54, 1.807) is 5.57 Å². The van der Waals surface area contributed by atoms with Crippen molar-refractivity contribution in [2.75, 3.05) is 0 Å². The number of hydrogen-bond acceptors (Lipinski definition) is 1. The van der Waals surface area contributed by atoms with E-state index in [2.05, 4.69) is 13.0 Å². The molecule has 0 N–H and O–H groups in total. The molecule has 0 fully saturated rings. The minimum absolute atomic E-state index is 0.722. The molecule has 1 aliphatic carbocycles. The van der Waals surface area contributed by atoms with Crippen LogP contribution in [-0.4, -0.2) is 5.66 Å². The summed E-state index contributed by atoms with van der Waals surface area (Å²) in [5.41, 5.74) is 2.40. The molecule has 0 radical (unpaired) electrons. The van der Waals surface area contributed by atoms with Crippen LogP contribution in [-0.2, 0) is 11.8 Å². The minimum atomic E-state index is 0.722. The Morgan fingerprint density at radius 2 is 2.13 bits per heavy atom. The first-order valence-electron chi connectivity index (χ1n) is 6.40. The standard InChI is InChI=1S/C13H23PS/c1-2-3-4-5-6-9-12-10-7-8-11-13(12)14-15/h10,13H,2-9,11H2,1H3. The molecular weight excluding hydrogens is 219 g/mol. The van der Waals surface area contributed by atoms with Gasteiger partial charge in [0.25, 0.3) is 0 Å². The lowest BCUT2D eigenvalue weighted by Gasteiger charge is -2.19. The summed E-state index contributed by atoms with van der Waals surface area (Å²) in [5, 5.41) is 0. The summed E-state index contributed by atoms with van der Waals surface area (Å²) in [6.07, 6.45) is 14.7. The number of rotatable bonds is 7. The maximum Gasteiger partial charge on any atom is 0.0322 e. The Morgan fingerprint density at radius 3 is 2.87 bits per heavy atom. The van der Waals surface area contributed by atoms with Crippen LogP contribution >= 0.6 is 7.36 Å². The van der Waals surface area contributed by atoms with Gasteiger partial charge in [-0.15, -0.1) is 0 Å². The van der Waals surface area contributed by atoms with E-state index in [0.29, 0.717) is 0 Å². The Bertz CT molecular complexity index is 211. The molecule has 15 heavy (non-hydrogen) atoms. The third kappa shape index (κ3) is 5.22.